The molecule has 2 N–H and O–H groups in total. The Morgan fingerprint density at radius 2 is 0.917 bits per heavy atom. The summed E-state index contributed by atoms with van der Waals surface area (Å²) in [5.74, 6) is 0.0272. The van der Waals surface area contributed by atoms with Gasteiger partial charge < -0.3 is 19.7 Å². The van der Waals surface area contributed by atoms with E-state index in [1.807, 2.05) is 36.4 Å². The molecular weight excluding hydrogens is 475 g/mol. The van der Waals surface area contributed by atoms with Gasteiger partial charge in [0.15, 0.2) is 0 Å². The van der Waals surface area contributed by atoms with Gasteiger partial charge in [-0.05, 0) is 45.9 Å². The summed E-state index contributed by atoms with van der Waals surface area (Å²) in [5, 5.41) is 5.81. The van der Waals surface area contributed by atoms with Gasteiger partial charge in [-0.2, -0.15) is 0 Å². The lowest BCUT2D eigenvalue weighted by Gasteiger charge is -2.20. The van der Waals surface area contributed by atoms with Crippen molar-refractivity contribution in [2.75, 3.05) is 23.8 Å². The van der Waals surface area contributed by atoms with Crippen LogP contribution in [0.15, 0.2) is 36.4 Å². The first-order valence-electron chi connectivity index (χ1n) is 12.6. The molecule has 0 saturated carbocycles. The molecule has 0 unspecified atom stereocenters. The Hall–Kier alpha value is -2.47. The summed E-state index contributed by atoms with van der Waals surface area (Å²) in [4.78, 5) is 25.1. The second-order valence-corrected chi connectivity index (χ2v) is 11.2. The van der Waals surface area contributed by atoms with E-state index < -0.39 is 33.3 Å². The summed E-state index contributed by atoms with van der Waals surface area (Å²) in [5.41, 5.74) is 5.63. The molecule has 2 rings (SSSR count). The molecule has 0 fully saturated rings. The molecular formula is C28H41N2O5P. The van der Waals surface area contributed by atoms with Crippen LogP contribution in [0.5, 0.6) is 0 Å². The smallest absolute Gasteiger partial charge is 0.320 e. The van der Waals surface area contributed by atoms with E-state index in [2.05, 4.69) is 66.0 Å². The summed E-state index contributed by atoms with van der Waals surface area (Å²) in [6.45, 7) is 15.6. The largest absolute Gasteiger partial charge is 0.324 e. The van der Waals surface area contributed by atoms with E-state index in [0.29, 0.717) is 0 Å². The maximum atomic E-state index is 12.6. The van der Waals surface area contributed by atoms with Crippen molar-refractivity contribution in [3.8, 4) is 0 Å². The van der Waals surface area contributed by atoms with E-state index in [1.54, 1.807) is 0 Å². The van der Waals surface area contributed by atoms with Crippen LogP contribution in [0.4, 0.5) is 11.4 Å². The maximum absolute atomic E-state index is 12.6. The van der Waals surface area contributed by atoms with Crippen molar-refractivity contribution in [1.29, 1.82) is 0 Å². The molecule has 0 saturated heterocycles. The average molecular weight is 517 g/mol. The monoisotopic (exact) mass is 516 g/mol. The minimum atomic E-state index is -3.04. The molecule has 0 spiro atoms. The first-order valence-corrected chi connectivity index (χ1v) is 13.8. The Bertz CT molecular complexity index is 944. The van der Waals surface area contributed by atoms with Crippen molar-refractivity contribution in [1.82, 2.24) is 0 Å². The van der Waals surface area contributed by atoms with Crippen LogP contribution in [0.2, 0.25) is 0 Å². The zero-order valence-corrected chi connectivity index (χ0v) is 23.7. The van der Waals surface area contributed by atoms with Crippen molar-refractivity contribution in [2.24, 2.45) is 0 Å². The Balaban J connectivity index is 1.95. The van der Waals surface area contributed by atoms with Gasteiger partial charge in [0.25, 0.3) is 11.8 Å². The molecule has 198 valence electrons. The van der Waals surface area contributed by atoms with Crippen LogP contribution in [-0.4, -0.2) is 25.0 Å². The number of rotatable bonds is 12. The Morgan fingerprint density at radius 3 is 1.17 bits per heavy atom. The summed E-state index contributed by atoms with van der Waals surface area (Å²) < 4.78 is 22.5. The zero-order valence-electron chi connectivity index (χ0n) is 22.7. The predicted octanol–water partition coefficient (Wildman–Crippen LogP) is 7.18. The Morgan fingerprint density at radius 1 is 0.639 bits per heavy atom. The van der Waals surface area contributed by atoms with Gasteiger partial charge in [0.1, 0.15) is 13.2 Å². The molecule has 0 aliphatic carbocycles. The predicted molar refractivity (Wildman–Crippen MR) is 147 cm³/mol. The summed E-state index contributed by atoms with van der Waals surface area (Å²) >= 11 is 0. The zero-order chi connectivity index (χ0) is 27.0. The second-order valence-electron chi connectivity index (χ2n) is 10.2. The van der Waals surface area contributed by atoms with Crippen molar-refractivity contribution >= 4 is 31.4 Å². The molecule has 0 heterocycles. The van der Waals surface area contributed by atoms with Crippen molar-refractivity contribution in [3.05, 3.63) is 58.7 Å². The Labute approximate surface area is 216 Å². The normalized spacial score (nSPS) is 11.7. The third-order valence-electron chi connectivity index (χ3n) is 5.92. The molecule has 0 aliphatic rings. The summed E-state index contributed by atoms with van der Waals surface area (Å²) in [6.07, 6.45) is 0. The van der Waals surface area contributed by atoms with Crippen LogP contribution in [-0.2, 0) is 23.2 Å². The third-order valence-corrected chi connectivity index (χ3v) is 6.68. The SMILES string of the molecule is CC(C)c1cccc(C(C)C)c1NC(=O)CO[PH](=O)OCC(=O)Nc1c(C(C)C)cccc1C(C)C. The van der Waals surface area contributed by atoms with Crippen LogP contribution in [0.25, 0.3) is 0 Å². The van der Waals surface area contributed by atoms with E-state index in [0.717, 1.165) is 33.6 Å². The lowest BCUT2D eigenvalue weighted by Crippen LogP contribution is -2.21. The van der Waals surface area contributed by atoms with Crippen LogP contribution in [0.1, 0.15) is 101 Å². The van der Waals surface area contributed by atoms with Gasteiger partial charge in [0.05, 0.1) is 0 Å². The molecule has 7 nitrogen and oxygen atoms in total. The first kappa shape index (κ1) is 29.8. The molecule has 0 atom stereocenters. The van der Waals surface area contributed by atoms with E-state index in [1.165, 1.54) is 0 Å². The minimum absolute atomic E-state index is 0.220. The number of carbonyl (C=O) groups excluding carboxylic acids is 2. The van der Waals surface area contributed by atoms with Crippen molar-refractivity contribution < 1.29 is 23.2 Å². The quantitative estimate of drug-likeness (QED) is 0.292. The minimum Gasteiger partial charge on any atom is -0.324 e. The van der Waals surface area contributed by atoms with Gasteiger partial charge in [-0.25, -0.2) is 0 Å². The highest BCUT2D eigenvalue weighted by Gasteiger charge is 2.18. The first-order chi connectivity index (χ1) is 16.9. The van der Waals surface area contributed by atoms with E-state index >= 15 is 0 Å². The van der Waals surface area contributed by atoms with Gasteiger partial charge in [-0.15, -0.1) is 0 Å². The standard InChI is InChI=1S/C28H41N2O5P/c1-17(2)21-11-9-12-22(18(3)4)27(21)29-25(31)15-34-36(33)35-16-26(32)30-28-23(19(5)6)13-10-14-24(28)20(7)8/h9-14,17-20,36H,15-16H2,1-8H3,(H,29,31)(H,30,32). The Kier molecular flexibility index (Phi) is 11.4. The number of hydrogen-bond donors (Lipinski definition) is 2. The number of nitrogens with one attached hydrogen (secondary N) is 2. The fraction of sp³-hybridized carbons (Fsp3) is 0.500. The number of carbonyl (C=O) groups is 2. The number of anilines is 2. The number of hydrogen-bond acceptors (Lipinski definition) is 5. The molecule has 2 aromatic rings. The third kappa shape index (κ3) is 8.29. The van der Waals surface area contributed by atoms with Crippen molar-refractivity contribution in [3.63, 3.8) is 0 Å². The van der Waals surface area contributed by atoms with E-state index in [9.17, 15) is 14.2 Å². The van der Waals surface area contributed by atoms with Gasteiger partial charge in [-0.1, -0.05) is 91.8 Å². The number of amides is 2. The highest BCUT2D eigenvalue weighted by Crippen LogP contribution is 2.34. The molecule has 8 heteroatoms. The topological polar surface area (TPSA) is 93.7 Å². The van der Waals surface area contributed by atoms with Gasteiger partial charge in [0, 0.05) is 11.4 Å². The van der Waals surface area contributed by atoms with Gasteiger partial charge >= 0.3 is 8.25 Å². The summed E-state index contributed by atoms with van der Waals surface area (Å²) in [6, 6.07) is 11.9. The molecule has 2 aromatic carbocycles. The molecule has 0 bridgehead atoms. The van der Waals surface area contributed by atoms with Crippen LogP contribution < -0.4 is 10.6 Å². The fourth-order valence-electron chi connectivity index (χ4n) is 4.03. The number of benzene rings is 2. The van der Waals surface area contributed by atoms with E-state index in [-0.39, 0.29) is 23.7 Å². The lowest BCUT2D eigenvalue weighted by atomic mass is 9.92. The molecule has 36 heavy (non-hydrogen) atoms. The van der Waals surface area contributed by atoms with Crippen LogP contribution in [0, 0.1) is 0 Å². The molecule has 0 radical (unpaired) electrons. The van der Waals surface area contributed by atoms with Crippen molar-refractivity contribution in [2.45, 2.75) is 79.1 Å². The molecule has 0 aromatic heterocycles. The summed E-state index contributed by atoms with van der Waals surface area (Å²) in [7, 11) is -3.04. The molecule has 2 amide bonds. The van der Waals surface area contributed by atoms with Crippen LogP contribution >= 0.6 is 8.25 Å². The van der Waals surface area contributed by atoms with Gasteiger partial charge in [-0.3, -0.25) is 14.2 Å². The highest BCUT2D eigenvalue weighted by atomic mass is 31.1. The number of para-hydroxylation sites is 2. The second kappa shape index (κ2) is 13.7. The highest BCUT2D eigenvalue weighted by molar-refractivity contribution is 7.33. The molecule has 0 aliphatic heterocycles. The lowest BCUT2D eigenvalue weighted by molar-refractivity contribution is -0.118. The average Bonchev–Trinajstić information content (AvgIpc) is 2.81. The van der Waals surface area contributed by atoms with Crippen LogP contribution in [0.3, 0.4) is 0 Å². The fourth-order valence-corrected chi connectivity index (χ4v) is 4.61. The van der Waals surface area contributed by atoms with E-state index in [4.69, 9.17) is 9.05 Å². The maximum Gasteiger partial charge on any atom is 0.320 e. The van der Waals surface area contributed by atoms with Gasteiger partial charge in [0.2, 0.25) is 0 Å².